The molecular weight excluding hydrogens is 696 g/mol. The predicted molar refractivity (Wildman–Crippen MR) is 207 cm³/mol. The Morgan fingerprint density at radius 2 is 0.795 bits per heavy atom. The third-order valence-electron chi connectivity index (χ3n) is 7.53. The van der Waals surface area contributed by atoms with E-state index in [-0.39, 0.29) is 0 Å². The van der Waals surface area contributed by atoms with Crippen molar-refractivity contribution in [3.05, 3.63) is 115 Å². The highest BCUT2D eigenvalue weighted by atomic mass is 35.5. The van der Waals surface area contributed by atoms with E-state index in [1.165, 1.54) is 68.6 Å². The Kier molecular flexibility index (Phi) is 7.68. The quantitative estimate of drug-likeness (QED) is 0.161. The van der Waals surface area contributed by atoms with Gasteiger partial charge in [0.15, 0.2) is 0 Å². The van der Waals surface area contributed by atoms with Crippen LogP contribution in [0, 0.1) is 13.8 Å². The first-order valence-corrected chi connectivity index (χ1v) is 19.5. The number of hydrogen-bond donors (Lipinski definition) is 0. The molecule has 0 aliphatic rings. The maximum atomic E-state index is 6.04. The maximum Gasteiger partial charge on any atom is 0.0651 e. The van der Waals surface area contributed by atoms with Crippen LogP contribution in [-0.4, -0.2) is 0 Å². The molecule has 8 aromatic rings. The zero-order valence-electron chi connectivity index (χ0n) is 23.4. The third kappa shape index (κ3) is 5.25. The van der Waals surface area contributed by atoms with Crippen LogP contribution in [0.1, 0.15) is 32.0 Å². The van der Waals surface area contributed by atoms with Crippen molar-refractivity contribution in [1.82, 2.24) is 0 Å². The van der Waals surface area contributed by atoms with Crippen molar-refractivity contribution in [1.29, 1.82) is 0 Å². The molecule has 0 saturated carbocycles. The molecule has 0 spiro atoms. The summed E-state index contributed by atoms with van der Waals surface area (Å²) in [6.45, 7) is 4.59. The Hall–Kier alpha value is -2.52. The molecule has 0 unspecified atom stereocenters. The fraction of sp³-hybridized carbons (Fsp3) is 0.0556. The topological polar surface area (TPSA) is 0 Å². The smallest absolute Gasteiger partial charge is 0.0651 e. The summed E-state index contributed by atoms with van der Waals surface area (Å²) in [6, 6.07) is 24.9. The van der Waals surface area contributed by atoms with E-state index in [0.29, 0.717) is 0 Å². The minimum absolute atomic E-state index is 0.764. The van der Waals surface area contributed by atoms with Gasteiger partial charge in [-0.15, -0.1) is 68.0 Å². The van der Waals surface area contributed by atoms with Gasteiger partial charge in [-0.2, -0.15) is 0 Å². The molecule has 0 aliphatic heterocycles. The second-order valence-electron chi connectivity index (χ2n) is 10.5. The summed E-state index contributed by atoms with van der Waals surface area (Å²) in [4.78, 5) is 8.00. The highest BCUT2D eigenvalue weighted by Gasteiger charge is 2.23. The van der Waals surface area contributed by atoms with Gasteiger partial charge in [-0.1, -0.05) is 59.6 Å². The summed E-state index contributed by atoms with van der Waals surface area (Å²) in [7, 11) is 0. The highest BCUT2D eigenvalue weighted by molar-refractivity contribution is 7.46. The van der Waals surface area contributed by atoms with Crippen molar-refractivity contribution in [2.75, 3.05) is 0 Å². The zero-order valence-corrected chi connectivity index (χ0v) is 29.9. The Bertz CT molecular complexity index is 2190. The van der Waals surface area contributed by atoms with Crippen LogP contribution >= 0.6 is 91.2 Å². The lowest BCUT2D eigenvalue weighted by molar-refractivity contribution is 1.62. The number of aryl methyl sites for hydroxylation is 2. The molecule has 0 saturated heterocycles. The Labute approximate surface area is 289 Å². The monoisotopic (exact) mass is 716 g/mol. The summed E-state index contributed by atoms with van der Waals surface area (Å²) in [5.74, 6) is 0. The molecule has 0 radical (unpaired) electrons. The van der Waals surface area contributed by atoms with E-state index >= 15 is 0 Å². The average molecular weight is 718 g/mol. The average Bonchev–Trinajstić information content (AvgIpc) is 3.86. The van der Waals surface area contributed by atoms with Crippen molar-refractivity contribution in [3.63, 3.8) is 0 Å². The lowest BCUT2D eigenvalue weighted by Crippen LogP contribution is -1.69. The van der Waals surface area contributed by atoms with Crippen molar-refractivity contribution >= 4 is 144 Å². The van der Waals surface area contributed by atoms with Crippen LogP contribution < -0.4 is 0 Å². The van der Waals surface area contributed by atoms with Crippen LogP contribution in [0.15, 0.2) is 72.8 Å². The largest absolute Gasteiger partial charge is 0.135 e. The molecule has 216 valence electrons. The lowest BCUT2D eigenvalue weighted by Gasteiger charge is -1.95. The van der Waals surface area contributed by atoms with E-state index in [4.69, 9.17) is 23.2 Å². The summed E-state index contributed by atoms with van der Waals surface area (Å²) >= 11 is 23.7. The van der Waals surface area contributed by atoms with Gasteiger partial charge in [0.25, 0.3) is 0 Å². The molecular formula is C36H22Cl2S6. The van der Waals surface area contributed by atoms with Gasteiger partial charge < -0.3 is 0 Å². The van der Waals surface area contributed by atoms with E-state index in [9.17, 15) is 0 Å². The fourth-order valence-electron chi connectivity index (χ4n) is 5.24. The fourth-order valence-corrected chi connectivity index (χ4v) is 13.7. The predicted octanol–water partition coefficient (Wildman–Crippen LogP) is 15.1. The number of thiophene rings is 6. The second-order valence-corrected chi connectivity index (χ2v) is 17.7. The van der Waals surface area contributed by atoms with Gasteiger partial charge >= 0.3 is 0 Å². The SMILES string of the molecule is Cc1c(-c2ccc(/C=C/c3ccc(Cl)cc3)s2)sc2c1sc1c3sc(-c4ccc(/C=C/c5ccc(Cl)cc5)s4)c(C)c3sc21. The molecule has 0 N–H and O–H groups in total. The third-order valence-corrected chi connectivity index (χ3v) is 16.4. The normalized spacial score (nSPS) is 12.4. The highest BCUT2D eigenvalue weighted by Crippen LogP contribution is 2.55. The van der Waals surface area contributed by atoms with Gasteiger partial charge in [0.1, 0.15) is 0 Å². The molecule has 8 heteroatoms. The summed E-state index contributed by atoms with van der Waals surface area (Å²) in [6.07, 6.45) is 8.70. The first-order chi connectivity index (χ1) is 21.4. The molecule has 2 aromatic carbocycles. The molecule has 8 rings (SSSR count). The van der Waals surface area contributed by atoms with Crippen LogP contribution in [0.2, 0.25) is 10.0 Å². The summed E-state index contributed by atoms with van der Waals surface area (Å²) in [5, 5.41) is 1.53. The number of benzene rings is 2. The first-order valence-electron chi connectivity index (χ1n) is 13.9. The Morgan fingerprint density at radius 1 is 0.409 bits per heavy atom. The number of hydrogen-bond acceptors (Lipinski definition) is 6. The van der Waals surface area contributed by atoms with E-state index in [2.05, 4.69) is 62.4 Å². The Balaban J connectivity index is 1.09. The molecule has 0 amide bonds. The van der Waals surface area contributed by atoms with Crippen LogP contribution in [0.4, 0.5) is 0 Å². The minimum Gasteiger partial charge on any atom is -0.135 e. The lowest BCUT2D eigenvalue weighted by atomic mass is 10.2. The minimum atomic E-state index is 0.764. The molecule has 0 aliphatic carbocycles. The van der Waals surface area contributed by atoms with E-state index < -0.39 is 0 Å². The standard InChI is InChI=1S/C36H22Cl2S6/c1-19-29(27-17-15-25(39-27)13-7-21-3-9-23(37)10-4-21)41-33-31(19)43-36-34-32(44-35(33)36)20(2)30(42-34)28-18-16-26(40-28)14-8-22-5-11-24(38)12-6-22/h3-18H,1-2H3/b13-7+,14-8+. The number of halogens is 2. The van der Waals surface area contributed by atoms with E-state index in [0.717, 1.165) is 21.2 Å². The van der Waals surface area contributed by atoms with Crippen LogP contribution in [0.3, 0.4) is 0 Å². The maximum absolute atomic E-state index is 6.04. The van der Waals surface area contributed by atoms with Crippen LogP contribution in [-0.2, 0) is 0 Å². The van der Waals surface area contributed by atoms with Crippen molar-refractivity contribution in [2.24, 2.45) is 0 Å². The van der Waals surface area contributed by atoms with Gasteiger partial charge in [-0.3, -0.25) is 0 Å². The van der Waals surface area contributed by atoms with Crippen LogP contribution in [0.25, 0.3) is 72.0 Å². The van der Waals surface area contributed by atoms with E-state index in [1.54, 1.807) is 0 Å². The molecule has 0 fully saturated rings. The number of fused-ring (bicyclic) bond motifs is 5. The molecule has 0 bridgehead atoms. The van der Waals surface area contributed by atoms with E-state index in [1.807, 2.05) is 117 Å². The van der Waals surface area contributed by atoms with Gasteiger partial charge in [-0.25, -0.2) is 0 Å². The van der Waals surface area contributed by atoms with Gasteiger partial charge in [0, 0.05) is 39.3 Å². The summed E-state index contributed by atoms with van der Waals surface area (Å²) in [5.41, 5.74) is 5.12. The summed E-state index contributed by atoms with van der Waals surface area (Å²) < 4.78 is 8.69. The Morgan fingerprint density at radius 3 is 1.20 bits per heavy atom. The van der Waals surface area contributed by atoms with Crippen molar-refractivity contribution in [2.45, 2.75) is 13.8 Å². The number of rotatable bonds is 6. The zero-order chi connectivity index (χ0) is 29.9. The van der Waals surface area contributed by atoms with Gasteiger partial charge in [0.2, 0.25) is 0 Å². The first kappa shape index (κ1) is 28.9. The van der Waals surface area contributed by atoms with Crippen molar-refractivity contribution in [3.8, 4) is 19.5 Å². The molecule has 44 heavy (non-hydrogen) atoms. The van der Waals surface area contributed by atoms with Gasteiger partial charge in [0.05, 0.1) is 28.2 Å². The molecule has 6 aromatic heterocycles. The van der Waals surface area contributed by atoms with Gasteiger partial charge in [-0.05, 0) is 96.8 Å². The molecule has 0 atom stereocenters. The van der Waals surface area contributed by atoms with Crippen molar-refractivity contribution < 1.29 is 0 Å². The second kappa shape index (κ2) is 11.7. The molecule has 6 heterocycles. The molecule has 0 nitrogen and oxygen atoms in total. The van der Waals surface area contributed by atoms with Crippen LogP contribution in [0.5, 0.6) is 0 Å².